The first kappa shape index (κ1) is 10.9. The minimum absolute atomic E-state index is 0.145. The van der Waals surface area contributed by atoms with Gasteiger partial charge in [0.1, 0.15) is 0 Å². The maximum Gasteiger partial charge on any atom is 0.256 e. The Balaban J connectivity index is 2.40. The zero-order chi connectivity index (χ0) is 10.7. The first-order valence-corrected chi connectivity index (χ1v) is 4.71. The Bertz CT molecular complexity index is 282. The highest BCUT2D eigenvalue weighted by molar-refractivity contribution is 6.15. The topological polar surface area (TPSA) is 40.6 Å². The standard InChI is InChI=1S/C10H16N2O2/c1-8-7-9(13)12(10(8)14)6-4-5-11(2)3/h7H,4-6H2,1-3H3. The fourth-order valence-corrected chi connectivity index (χ4v) is 1.39. The lowest BCUT2D eigenvalue weighted by molar-refractivity contribution is -0.137. The van der Waals surface area contributed by atoms with Crippen molar-refractivity contribution < 1.29 is 9.59 Å². The minimum Gasteiger partial charge on any atom is -0.309 e. The monoisotopic (exact) mass is 196 g/mol. The van der Waals surface area contributed by atoms with E-state index in [0.717, 1.165) is 13.0 Å². The molecule has 0 aromatic rings. The number of amides is 2. The van der Waals surface area contributed by atoms with Gasteiger partial charge in [-0.05, 0) is 34.0 Å². The first-order chi connectivity index (χ1) is 6.52. The summed E-state index contributed by atoms with van der Waals surface area (Å²) in [4.78, 5) is 26.0. The van der Waals surface area contributed by atoms with Gasteiger partial charge >= 0.3 is 0 Å². The van der Waals surface area contributed by atoms with Gasteiger partial charge in [0.05, 0.1) is 0 Å². The van der Waals surface area contributed by atoms with Crippen LogP contribution in [0, 0.1) is 0 Å². The molecule has 0 saturated heterocycles. The zero-order valence-corrected chi connectivity index (χ0v) is 8.91. The van der Waals surface area contributed by atoms with Crippen molar-refractivity contribution in [2.45, 2.75) is 13.3 Å². The lowest BCUT2D eigenvalue weighted by Crippen LogP contribution is -2.33. The van der Waals surface area contributed by atoms with E-state index in [-0.39, 0.29) is 11.8 Å². The zero-order valence-electron chi connectivity index (χ0n) is 8.91. The Morgan fingerprint density at radius 2 is 2.00 bits per heavy atom. The van der Waals surface area contributed by atoms with Crippen LogP contribution in [0.2, 0.25) is 0 Å². The van der Waals surface area contributed by atoms with E-state index in [4.69, 9.17) is 0 Å². The summed E-state index contributed by atoms with van der Waals surface area (Å²) < 4.78 is 0. The van der Waals surface area contributed by atoms with Crippen LogP contribution < -0.4 is 0 Å². The van der Waals surface area contributed by atoms with Crippen LogP contribution in [0.1, 0.15) is 13.3 Å². The molecule has 4 nitrogen and oxygen atoms in total. The summed E-state index contributed by atoms with van der Waals surface area (Å²) in [6, 6.07) is 0. The maximum atomic E-state index is 11.4. The molecule has 0 radical (unpaired) electrons. The van der Waals surface area contributed by atoms with Crippen molar-refractivity contribution in [2.24, 2.45) is 0 Å². The number of hydrogen-bond donors (Lipinski definition) is 0. The van der Waals surface area contributed by atoms with Crippen LogP contribution in [0.3, 0.4) is 0 Å². The third-order valence-electron chi connectivity index (χ3n) is 2.18. The van der Waals surface area contributed by atoms with Gasteiger partial charge < -0.3 is 4.90 Å². The van der Waals surface area contributed by atoms with Crippen LogP contribution in [0.25, 0.3) is 0 Å². The fraction of sp³-hybridized carbons (Fsp3) is 0.600. The second-order valence-corrected chi connectivity index (χ2v) is 3.78. The van der Waals surface area contributed by atoms with Gasteiger partial charge in [-0.1, -0.05) is 0 Å². The van der Waals surface area contributed by atoms with Crippen LogP contribution in [-0.4, -0.2) is 48.8 Å². The molecule has 1 aliphatic rings. The predicted octanol–water partition coefficient (Wildman–Crippen LogP) is 0.253. The van der Waals surface area contributed by atoms with Gasteiger partial charge in [0.15, 0.2) is 0 Å². The molecule has 0 atom stereocenters. The molecule has 0 fully saturated rings. The minimum atomic E-state index is -0.175. The lowest BCUT2D eigenvalue weighted by Gasteiger charge is -2.15. The molecule has 4 heteroatoms. The summed E-state index contributed by atoms with van der Waals surface area (Å²) in [5, 5.41) is 0. The maximum absolute atomic E-state index is 11.4. The molecular formula is C10H16N2O2. The van der Waals surface area contributed by atoms with E-state index in [1.807, 2.05) is 19.0 Å². The molecule has 1 rings (SSSR count). The van der Waals surface area contributed by atoms with Gasteiger partial charge in [0.25, 0.3) is 11.8 Å². The Morgan fingerprint density at radius 3 is 2.43 bits per heavy atom. The molecule has 0 aromatic carbocycles. The molecule has 14 heavy (non-hydrogen) atoms. The van der Waals surface area contributed by atoms with E-state index in [1.165, 1.54) is 11.0 Å². The smallest absolute Gasteiger partial charge is 0.256 e. The Hall–Kier alpha value is -1.16. The van der Waals surface area contributed by atoms with Crippen LogP contribution >= 0.6 is 0 Å². The third kappa shape index (κ3) is 2.42. The highest BCUT2D eigenvalue weighted by Crippen LogP contribution is 2.11. The average Bonchev–Trinajstić information content (AvgIpc) is 2.31. The molecule has 1 heterocycles. The van der Waals surface area contributed by atoms with Crippen molar-refractivity contribution in [2.75, 3.05) is 27.2 Å². The van der Waals surface area contributed by atoms with Gasteiger partial charge in [-0.25, -0.2) is 0 Å². The molecule has 0 aromatic heterocycles. The SMILES string of the molecule is CC1=CC(=O)N(CCCN(C)C)C1=O. The molecule has 78 valence electrons. The van der Waals surface area contributed by atoms with Gasteiger partial charge in [0.2, 0.25) is 0 Å². The molecule has 0 aliphatic carbocycles. The van der Waals surface area contributed by atoms with E-state index >= 15 is 0 Å². The van der Waals surface area contributed by atoms with Gasteiger partial charge in [-0.2, -0.15) is 0 Å². The van der Waals surface area contributed by atoms with E-state index < -0.39 is 0 Å². The highest BCUT2D eigenvalue weighted by atomic mass is 16.2. The van der Waals surface area contributed by atoms with E-state index in [9.17, 15) is 9.59 Å². The largest absolute Gasteiger partial charge is 0.309 e. The van der Waals surface area contributed by atoms with Crippen molar-refractivity contribution >= 4 is 11.8 Å². The molecule has 0 N–H and O–H groups in total. The van der Waals surface area contributed by atoms with Crippen LogP contribution in [0.5, 0.6) is 0 Å². The number of carbonyl (C=O) groups excluding carboxylic acids is 2. The van der Waals surface area contributed by atoms with Crippen molar-refractivity contribution in [3.05, 3.63) is 11.6 Å². The average molecular weight is 196 g/mol. The Labute approximate surface area is 84.2 Å². The van der Waals surface area contributed by atoms with Crippen molar-refractivity contribution in [1.29, 1.82) is 0 Å². The summed E-state index contributed by atoms with van der Waals surface area (Å²) in [6.45, 7) is 3.08. The Kier molecular flexibility index (Phi) is 3.41. The molecule has 0 unspecified atom stereocenters. The molecule has 0 spiro atoms. The second-order valence-electron chi connectivity index (χ2n) is 3.78. The summed E-state index contributed by atoms with van der Waals surface area (Å²) in [7, 11) is 3.94. The van der Waals surface area contributed by atoms with E-state index in [1.54, 1.807) is 6.92 Å². The van der Waals surface area contributed by atoms with E-state index in [0.29, 0.717) is 12.1 Å². The molecule has 2 amide bonds. The van der Waals surface area contributed by atoms with E-state index in [2.05, 4.69) is 0 Å². The van der Waals surface area contributed by atoms with Crippen LogP contribution in [0.15, 0.2) is 11.6 Å². The van der Waals surface area contributed by atoms with Gasteiger partial charge in [-0.3, -0.25) is 14.5 Å². The number of imide groups is 1. The molecule has 0 saturated carbocycles. The summed E-state index contributed by atoms with van der Waals surface area (Å²) in [6.07, 6.45) is 2.23. The molecule has 1 aliphatic heterocycles. The number of rotatable bonds is 4. The fourth-order valence-electron chi connectivity index (χ4n) is 1.39. The summed E-state index contributed by atoms with van der Waals surface area (Å²) in [5.74, 6) is -0.319. The summed E-state index contributed by atoms with van der Waals surface area (Å²) in [5.41, 5.74) is 0.542. The van der Waals surface area contributed by atoms with Gasteiger partial charge in [0, 0.05) is 18.2 Å². The quantitative estimate of drug-likeness (QED) is 0.605. The van der Waals surface area contributed by atoms with Crippen molar-refractivity contribution in [3.63, 3.8) is 0 Å². The second kappa shape index (κ2) is 4.37. The first-order valence-electron chi connectivity index (χ1n) is 4.71. The molecular weight excluding hydrogens is 180 g/mol. The summed E-state index contributed by atoms with van der Waals surface area (Å²) >= 11 is 0. The van der Waals surface area contributed by atoms with Crippen LogP contribution in [0.4, 0.5) is 0 Å². The third-order valence-corrected chi connectivity index (χ3v) is 2.18. The Morgan fingerprint density at radius 1 is 1.36 bits per heavy atom. The molecule has 0 bridgehead atoms. The normalized spacial score (nSPS) is 16.9. The highest BCUT2D eigenvalue weighted by Gasteiger charge is 2.27. The predicted molar refractivity (Wildman–Crippen MR) is 53.6 cm³/mol. The number of hydrogen-bond acceptors (Lipinski definition) is 3. The number of carbonyl (C=O) groups is 2. The lowest BCUT2D eigenvalue weighted by atomic mass is 10.3. The van der Waals surface area contributed by atoms with Gasteiger partial charge in [-0.15, -0.1) is 0 Å². The number of nitrogens with zero attached hydrogens (tertiary/aromatic N) is 2. The van der Waals surface area contributed by atoms with Crippen LogP contribution in [-0.2, 0) is 9.59 Å². The van der Waals surface area contributed by atoms with Crippen molar-refractivity contribution in [1.82, 2.24) is 9.80 Å². The van der Waals surface area contributed by atoms with Crippen molar-refractivity contribution in [3.8, 4) is 0 Å².